The topological polar surface area (TPSA) is 54.5 Å². The molecule has 25 heavy (non-hydrogen) atoms. The molecule has 2 heterocycles. The van der Waals surface area contributed by atoms with Gasteiger partial charge in [-0.3, -0.25) is 9.69 Å². The first-order chi connectivity index (χ1) is 12.1. The average Bonchev–Trinajstić information content (AvgIpc) is 2.97. The van der Waals surface area contributed by atoms with Crippen molar-refractivity contribution in [3.63, 3.8) is 0 Å². The first-order valence-corrected chi connectivity index (χ1v) is 8.88. The lowest BCUT2D eigenvalue weighted by molar-refractivity contribution is 0.0383. The molecule has 0 unspecified atom stereocenters. The van der Waals surface area contributed by atoms with E-state index in [0.717, 1.165) is 31.0 Å². The molecular weight excluding hydrogens is 348 g/mol. The SMILES string of the molecule is Cc1nc(-c2c(F)cccc2F)sc1C(=O)NCCN1CCOCC1. The lowest BCUT2D eigenvalue weighted by atomic mass is 10.2. The van der Waals surface area contributed by atoms with E-state index in [4.69, 9.17) is 4.74 Å². The second-order valence-corrected chi connectivity index (χ2v) is 6.74. The molecule has 1 amide bonds. The van der Waals surface area contributed by atoms with Crippen LogP contribution in [0.4, 0.5) is 8.78 Å². The molecule has 0 bridgehead atoms. The number of hydrogen-bond donors (Lipinski definition) is 1. The zero-order valence-electron chi connectivity index (χ0n) is 13.8. The fourth-order valence-electron chi connectivity index (χ4n) is 2.65. The van der Waals surface area contributed by atoms with E-state index in [2.05, 4.69) is 15.2 Å². The molecule has 1 aromatic carbocycles. The molecule has 0 aliphatic carbocycles. The zero-order chi connectivity index (χ0) is 17.8. The van der Waals surface area contributed by atoms with Gasteiger partial charge in [0.05, 0.1) is 24.5 Å². The van der Waals surface area contributed by atoms with E-state index in [1.807, 2.05) is 0 Å². The van der Waals surface area contributed by atoms with Crippen molar-refractivity contribution in [1.29, 1.82) is 0 Å². The van der Waals surface area contributed by atoms with E-state index in [1.54, 1.807) is 6.92 Å². The van der Waals surface area contributed by atoms with Crippen LogP contribution in [0.1, 0.15) is 15.4 Å². The molecule has 1 aliphatic rings. The molecule has 0 spiro atoms. The van der Waals surface area contributed by atoms with Crippen LogP contribution in [0, 0.1) is 18.6 Å². The van der Waals surface area contributed by atoms with Crippen LogP contribution in [0.3, 0.4) is 0 Å². The summed E-state index contributed by atoms with van der Waals surface area (Å²) in [6.45, 7) is 6.02. The van der Waals surface area contributed by atoms with Gasteiger partial charge in [0.25, 0.3) is 5.91 Å². The highest BCUT2D eigenvalue weighted by molar-refractivity contribution is 7.17. The Balaban J connectivity index is 1.66. The van der Waals surface area contributed by atoms with Crippen molar-refractivity contribution in [2.24, 2.45) is 0 Å². The number of carbonyl (C=O) groups is 1. The molecule has 0 atom stereocenters. The third kappa shape index (κ3) is 4.20. The van der Waals surface area contributed by atoms with Crippen molar-refractivity contribution in [2.75, 3.05) is 39.4 Å². The molecule has 3 rings (SSSR count). The molecule has 0 saturated carbocycles. The summed E-state index contributed by atoms with van der Waals surface area (Å²) in [5, 5.41) is 3.02. The summed E-state index contributed by atoms with van der Waals surface area (Å²) in [6.07, 6.45) is 0. The van der Waals surface area contributed by atoms with E-state index in [1.165, 1.54) is 18.2 Å². The third-order valence-corrected chi connectivity index (χ3v) is 5.17. The van der Waals surface area contributed by atoms with Crippen LogP contribution >= 0.6 is 11.3 Å². The van der Waals surface area contributed by atoms with Gasteiger partial charge >= 0.3 is 0 Å². The number of morpholine rings is 1. The van der Waals surface area contributed by atoms with Crippen molar-refractivity contribution in [3.05, 3.63) is 40.4 Å². The van der Waals surface area contributed by atoms with Gasteiger partial charge in [0, 0.05) is 26.2 Å². The summed E-state index contributed by atoms with van der Waals surface area (Å²) in [5.41, 5.74) is 0.273. The third-order valence-electron chi connectivity index (χ3n) is 4.00. The number of nitrogens with zero attached hydrogens (tertiary/aromatic N) is 2. The number of ether oxygens (including phenoxy) is 1. The molecule has 1 N–H and O–H groups in total. The highest BCUT2D eigenvalue weighted by Crippen LogP contribution is 2.31. The number of nitrogens with one attached hydrogen (secondary N) is 1. The number of aromatic nitrogens is 1. The monoisotopic (exact) mass is 367 g/mol. The second-order valence-electron chi connectivity index (χ2n) is 5.74. The van der Waals surface area contributed by atoms with Crippen molar-refractivity contribution in [3.8, 4) is 10.6 Å². The second kappa shape index (κ2) is 7.99. The minimum absolute atomic E-state index is 0.173. The van der Waals surface area contributed by atoms with Gasteiger partial charge in [-0.15, -0.1) is 11.3 Å². The Labute approximate surface area is 148 Å². The van der Waals surface area contributed by atoms with E-state index in [0.29, 0.717) is 30.3 Å². The fourth-order valence-corrected chi connectivity index (χ4v) is 3.68. The van der Waals surface area contributed by atoms with E-state index < -0.39 is 11.6 Å². The van der Waals surface area contributed by atoms with Gasteiger partial charge < -0.3 is 10.1 Å². The zero-order valence-corrected chi connectivity index (χ0v) is 14.7. The smallest absolute Gasteiger partial charge is 0.263 e. The maximum Gasteiger partial charge on any atom is 0.263 e. The van der Waals surface area contributed by atoms with E-state index >= 15 is 0 Å². The standard InChI is InChI=1S/C17H19F2N3O2S/c1-11-15(16(23)20-5-6-22-7-9-24-10-8-22)25-17(21-11)14-12(18)3-2-4-13(14)19/h2-4H,5-10H2,1H3,(H,20,23). The minimum Gasteiger partial charge on any atom is -0.379 e. The van der Waals surface area contributed by atoms with Crippen LogP contribution in [0.15, 0.2) is 18.2 Å². The molecule has 8 heteroatoms. The maximum atomic E-state index is 13.9. The number of benzene rings is 1. The largest absolute Gasteiger partial charge is 0.379 e. The van der Waals surface area contributed by atoms with Gasteiger partial charge in [-0.2, -0.15) is 0 Å². The predicted octanol–water partition coefficient (Wildman–Crippen LogP) is 2.46. The highest BCUT2D eigenvalue weighted by atomic mass is 32.1. The molecule has 5 nitrogen and oxygen atoms in total. The lowest BCUT2D eigenvalue weighted by Gasteiger charge is -2.26. The van der Waals surface area contributed by atoms with Gasteiger partial charge in [-0.25, -0.2) is 13.8 Å². The van der Waals surface area contributed by atoms with E-state index in [-0.39, 0.29) is 16.5 Å². The van der Waals surface area contributed by atoms with Crippen molar-refractivity contribution >= 4 is 17.2 Å². The summed E-state index contributed by atoms with van der Waals surface area (Å²) in [4.78, 5) is 19.1. The van der Waals surface area contributed by atoms with Crippen molar-refractivity contribution in [1.82, 2.24) is 15.2 Å². The van der Waals surface area contributed by atoms with Crippen LogP contribution in [0.2, 0.25) is 0 Å². The van der Waals surface area contributed by atoms with Gasteiger partial charge in [0.1, 0.15) is 21.5 Å². The molecule has 1 aliphatic heterocycles. The highest BCUT2D eigenvalue weighted by Gasteiger charge is 2.20. The van der Waals surface area contributed by atoms with Crippen molar-refractivity contribution < 1.29 is 18.3 Å². The number of thiazole rings is 1. The summed E-state index contributed by atoms with van der Waals surface area (Å²) >= 11 is 0.998. The lowest BCUT2D eigenvalue weighted by Crippen LogP contribution is -2.41. The number of halogens is 2. The molecule has 1 fully saturated rings. The normalized spacial score (nSPS) is 15.3. The summed E-state index contributed by atoms with van der Waals surface area (Å²) in [6, 6.07) is 3.66. The molecule has 1 aromatic heterocycles. The molecular formula is C17H19F2N3O2S. The van der Waals surface area contributed by atoms with Crippen LogP contribution in [-0.4, -0.2) is 55.2 Å². The first-order valence-electron chi connectivity index (χ1n) is 8.06. The van der Waals surface area contributed by atoms with Crippen LogP contribution in [0.25, 0.3) is 10.6 Å². The number of rotatable bonds is 5. The molecule has 0 radical (unpaired) electrons. The number of carbonyl (C=O) groups excluding carboxylic acids is 1. The van der Waals surface area contributed by atoms with Crippen molar-refractivity contribution in [2.45, 2.75) is 6.92 Å². The number of aryl methyl sites for hydroxylation is 1. The van der Waals surface area contributed by atoms with Gasteiger partial charge in [0.2, 0.25) is 0 Å². The van der Waals surface area contributed by atoms with Gasteiger partial charge in [-0.1, -0.05) is 6.07 Å². The average molecular weight is 367 g/mol. The fraction of sp³-hybridized carbons (Fsp3) is 0.412. The predicted molar refractivity (Wildman–Crippen MR) is 91.8 cm³/mol. The van der Waals surface area contributed by atoms with Crippen LogP contribution < -0.4 is 5.32 Å². The van der Waals surface area contributed by atoms with Gasteiger partial charge in [0.15, 0.2) is 0 Å². The molecule has 134 valence electrons. The number of hydrogen-bond acceptors (Lipinski definition) is 5. The Bertz CT molecular complexity index is 740. The van der Waals surface area contributed by atoms with Crippen LogP contribution in [0.5, 0.6) is 0 Å². The minimum atomic E-state index is -0.687. The molecule has 1 saturated heterocycles. The Hall–Kier alpha value is -1.90. The van der Waals surface area contributed by atoms with Gasteiger partial charge in [-0.05, 0) is 19.1 Å². The first kappa shape index (κ1) is 17.9. The summed E-state index contributed by atoms with van der Waals surface area (Å²) < 4.78 is 33.1. The molecule has 2 aromatic rings. The van der Waals surface area contributed by atoms with E-state index in [9.17, 15) is 13.6 Å². The number of amides is 1. The Morgan fingerprint density at radius 3 is 2.68 bits per heavy atom. The Kier molecular flexibility index (Phi) is 5.72. The Morgan fingerprint density at radius 1 is 1.32 bits per heavy atom. The summed E-state index contributed by atoms with van der Waals surface area (Å²) in [7, 11) is 0. The summed E-state index contributed by atoms with van der Waals surface area (Å²) in [5.74, 6) is -1.65. The Morgan fingerprint density at radius 2 is 2.00 bits per heavy atom. The quantitative estimate of drug-likeness (QED) is 0.882. The van der Waals surface area contributed by atoms with Crippen LogP contribution in [-0.2, 0) is 4.74 Å². The maximum absolute atomic E-state index is 13.9.